The Kier molecular flexibility index (Phi) is 8.62. The van der Waals surface area contributed by atoms with Crippen LogP contribution in [0.4, 0.5) is 0 Å². The molecule has 1 fully saturated rings. The molecule has 1 aromatic heterocycles. The molecule has 220 valence electrons. The molecule has 0 radical (unpaired) electrons. The number of ether oxygens (including phenoxy) is 4. The van der Waals surface area contributed by atoms with Gasteiger partial charge < -0.3 is 29.2 Å². The van der Waals surface area contributed by atoms with Crippen molar-refractivity contribution in [3.63, 3.8) is 0 Å². The zero-order valence-electron chi connectivity index (χ0n) is 23.9. The van der Waals surface area contributed by atoms with Crippen LogP contribution in [0.15, 0.2) is 109 Å². The minimum atomic E-state index is -0.948. The van der Waals surface area contributed by atoms with Gasteiger partial charge in [-0.3, -0.25) is 0 Å². The van der Waals surface area contributed by atoms with E-state index in [1.807, 2.05) is 104 Å². The second kappa shape index (κ2) is 12.9. The van der Waals surface area contributed by atoms with Crippen molar-refractivity contribution in [2.24, 2.45) is 0 Å². The highest BCUT2D eigenvalue weighted by atomic mass is 16.6. The summed E-state index contributed by atoms with van der Waals surface area (Å²) in [4.78, 5) is 7.80. The summed E-state index contributed by atoms with van der Waals surface area (Å²) in [6.45, 7) is 3.44. The van der Waals surface area contributed by atoms with Crippen LogP contribution in [-0.4, -0.2) is 44.6 Å². The number of rotatable bonds is 11. The van der Waals surface area contributed by atoms with E-state index >= 15 is 0 Å². The summed E-state index contributed by atoms with van der Waals surface area (Å²) in [7, 11) is 0. The summed E-state index contributed by atoms with van der Waals surface area (Å²) in [6, 6.07) is 34.8. The van der Waals surface area contributed by atoms with Gasteiger partial charge in [-0.05, 0) is 41.3 Å². The smallest absolute Gasteiger partial charge is 0.317 e. The van der Waals surface area contributed by atoms with Gasteiger partial charge in [0.15, 0.2) is 0 Å². The van der Waals surface area contributed by atoms with Crippen LogP contribution in [0.1, 0.15) is 35.3 Å². The van der Waals surface area contributed by atoms with E-state index in [2.05, 4.69) is 9.97 Å². The maximum absolute atomic E-state index is 10.3. The quantitative estimate of drug-likeness (QED) is 0.189. The van der Waals surface area contributed by atoms with Crippen LogP contribution in [-0.2, 0) is 38.8 Å². The molecule has 0 spiro atoms. The molecule has 1 aliphatic rings. The molecule has 0 aliphatic carbocycles. The van der Waals surface area contributed by atoms with Gasteiger partial charge >= 0.3 is 6.01 Å². The minimum Gasteiger partial charge on any atom is -0.493 e. The predicted octanol–water partition coefficient (Wildman–Crippen LogP) is 6.26. The highest BCUT2D eigenvalue weighted by molar-refractivity contribution is 5.84. The van der Waals surface area contributed by atoms with E-state index in [-0.39, 0.29) is 12.5 Å². The lowest BCUT2D eigenvalue weighted by molar-refractivity contribution is -0.147. The monoisotopic (exact) mass is 578 g/mol. The Morgan fingerprint density at radius 3 is 2.00 bits per heavy atom. The average molecular weight is 579 g/mol. The number of nitrogens with zero attached hydrogens (tertiary/aromatic N) is 2. The molecule has 8 nitrogen and oxygen atoms in total. The van der Waals surface area contributed by atoms with E-state index in [0.29, 0.717) is 30.7 Å². The van der Waals surface area contributed by atoms with Crippen molar-refractivity contribution >= 4 is 10.9 Å². The van der Waals surface area contributed by atoms with Gasteiger partial charge in [0.25, 0.3) is 0 Å². The molecule has 2 N–H and O–H groups in total. The van der Waals surface area contributed by atoms with Crippen molar-refractivity contribution in [3.05, 3.63) is 131 Å². The summed E-state index contributed by atoms with van der Waals surface area (Å²) < 4.78 is 26.3. The van der Waals surface area contributed by atoms with Crippen LogP contribution < -0.4 is 0 Å². The molecule has 1 aliphatic heterocycles. The molecular formula is C35H34N2O6. The van der Waals surface area contributed by atoms with Gasteiger partial charge in [-0.2, -0.15) is 9.97 Å². The topological polar surface area (TPSA) is 103 Å². The van der Waals surface area contributed by atoms with Crippen molar-refractivity contribution in [2.45, 2.75) is 50.7 Å². The Morgan fingerprint density at radius 2 is 1.35 bits per heavy atom. The zero-order valence-corrected chi connectivity index (χ0v) is 23.9. The number of aromatic hydroxyl groups is 2. The average Bonchev–Trinajstić information content (AvgIpc) is 3.31. The summed E-state index contributed by atoms with van der Waals surface area (Å²) >= 11 is 0. The van der Waals surface area contributed by atoms with Crippen LogP contribution >= 0.6 is 0 Å². The van der Waals surface area contributed by atoms with Gasteiger partial charge in [0.05, 0.1) is 37.3 Å². The van der Waals surface area contributed by atoms with Crippen molar-refractivity contribution in [3.8, 4) is 11.9 Å². The first kappa shape index (κ1) is 28.8. The lowest BCUT2D eigenvalue weighted by Crippen LogP contribution is -2.47. The lowest BCUT2D eigenvalue weighted by Gasteiger charge is -2.35. The second-order valence-corrected chi connectivity index (χ2v) is 10.9. The van der Waals surface area contributed by atoms with Gasteiger partial charge in [-0.15, -0.1) is 0 Å². The SMILES string of the molecule is C[C@@]1(OCc2ccccc2)[C@H](OCc2ccccc2)[C@@H](COCc2ccccc2)O[C@H]1c1ccc2c(O)nc(O)nc2c1. The normalized spacial score (nSPS) is 21.7. The third kappa shape index (κ3) is 6.53. The highest BCUT2D eigenvalue weighted by Gasteiger charge is 2.56. The van der Waals surface area contributed by atoms with Gasteiger partial charge in [-0.25, -0.2) is 0 Å². The van der Waals surface area contributed by atoms with Crippen LogP contribution in [0.2, 0.25) is 0 Å². The van der Waals surface area contributed by atoms with E-state index < -0.39 is 29.9 Å². The second-order valence-electron chi connectivity index (χ2n) is 10.9. The maximum atomic E-state index is 10.3. The van der Waals surface area contributed by atoms with Gasteiger partial charge in [0.1, 0.15) is 23.9 Å². The Morgan fingerprint density at radius 1 is 0.744 bits per heavy atom. The number of hydrogen-bond acceptors (Lipinski definition) is 8. The fourth-order valence-electron chi connectivity index (χ4n) is 5.59. The summed E-state index contributed by atoms with van der Waals surface area (Å²) in [6.07, 6.45) is -1.54. The number of aromatic nitrogens is 2. The van der Waals surface area contributed by atoms with E-state index in [4.69, 9.17) is 18.9 Å². The first-order valence-corrected chi connectivity index (χ1v) is 14.3. The van der Waals surface area contributed by atoms with Crippen LogP contribution in [0.25, 0.3) is 10.9 Å². The first-order chi connectivity index (χ1) is 21.0. The molecule has 0 amide bonds. The molecule has 0 unspecified atom stereocenters. The lowest BCUT2D eigenvalue weighted by atomic mass is 9.87. The predicted molar refractivity (Wildman–Crippen MR) is 161 cm³/mol. The number of benzene rings is 4. The van der Waals surface area contributed by atoms with Gasteiger partial charge in [-0.1, -0.05) is 97.1 Å². The fourth-order valence-corrected chi connectivity index (χ4v) is 5.59. The van der Waals surface area contributed by atoms with Crippen molar-refractivity contribution < 1.29 is 29.2 Å². The number of fused-ring (bicyclic) bond motifs is 1. The molecule has 4 aromatic carbocycles. The molecule has 2 heterocycles. The molecule has 5 aromatic rings. The molecule has 1 saturated heterocycles. The molecule has 43 heavy (non-hydrogen) atoms. The van der Waals surface area contributed by atoms with E-state index in [1.54, 1.807) is 12.1 Å². The zero-order chi connectivity index (χ0) is 29.6. The van der Waals surface area contributed by atoms with Crippen LogP contribution in [0.3, 0.4) is 0 Å². The fraction of sp³-hybridized carbons (Fsp3) is 0.257. The molecule has 0 bridgehead atoms. The summed E-state index contributed by atoms with van der Waals surface area (Å²) in [5.74, 6) is -0.291. The highest BCUT2D eigenvalue weighted by Crippen LogP contribution is 2.47. The van der Waals surface area contributed by atoms with Crippen LogP contribution in [0.5, 0.6) is 11.9 Å². The Bertz CT molecular complexity index is 1640. The molecular weight excluding hydrogens is 544 g/mol. The summed E-state index contributed by atoms with van der Waals surface area (Å²) in [5.41, 5.74) is 3.33. The molecule has 8 heteroatoms. The van der Waals surface area contributed by atoms with E-state index in [1.165, 1.54) is 0 Å². The van der Waals surface area contributed by atoms with Crippen molar-refractivity contribution in [1.29, 1.82) is 0 Å². The largest absolute Gasteiger partial charge is 0.493 e. The first-order valence-electron chi connectivity index (χ1n) is 14.3. The standard InChI is InChI=1S/C35H34N2O6/c1-35(42-22-26-15-9-4-10-16-26)31(27-17-18-28-29(19-27)36-34(39)37-33(28)38)43-30(23-40-20-24-11-5-2-6-12-24)32(35)41-21-25-13-7-3-8-14-25/h2-19,30-32H,20-23H2,1H3,(H2,36,37,38,39)/t30-,31+,32-,35+/m1/s1. The molecule has 0 saturated carbocycles. The van der Waals surface area contributed by atoms with Crippen LogP contribution in [0, 0.1) is 0 Å². The Hall–Kier alpha value is -4.34. The van der Waals surface area contributed by atoms with Gasteiger partial charge in [0, 0.05) is 0 Å². The van der Waals surface area contributed by atoms with Gasteiger partial charge in [0.2, 0.25) is 5.88 Å². The maximum Gasteiger partial charge on any atom is 0.317 e. The molecule has 6 rings (SSSR count). The van der Waals surface area contributed by atoms with Crippen molar-refractivity contribution in [2.75, 3.05) is 6.61 Å². The molecule has 4 atom stereocenters. The number of hydrogen-bond donors (Lipinski definition) is 2. The Labute approximate surface area is 250 Å². The van der Waals surface area contributed by atoms with Crippen molar-refractivity contribution in [1.82, 2.24) is 9.97 Å². The Balaban J connectivity index is 1.34. The van der Waals surface area contributed by atoms with E-state index in [0.717, 1.165) is 22.3 Å². The summed E-state index contributed by atoms with van der Waals surface area (Å²) in [5, 5.41) is 20.7. The third-order valence-corrected chi connectivity index (χ3v) is 7.78. The minimum absolute atomic E-state index is 0.284. The third-order valence-electron chi connectivity index (χ3n) is 7.78. The van der Waals surface area contributed by atoms with E-state index in [9.17, 15) is 10.2 Å².